The van der Waals surface area contributed by atoms with Crippen LogP contribution < -0.4 is 9.80 Å². The van der Waals surface area contributed by atoms with Gasteiger partial charge in [0.05, 0.1) is 22.5 Å². The normalized spacial score (nSPS) is 15.4. The quantitative estimate of drug-likeness (QED) is 0.467. The fourth-order valence-corrected chi connectivity index (χ4v) is 5.37. The van der Waals surface area contributed by atoms with Crippen LogP contribution in [0.25, 0.3) is 0 Å². The van der Waals surface area contributed by atoms with Crippen LogP contribution in [-0.2, 0) is 6.54 Å². The fraction of sp³-hybridized carbons (Fsp3) is 0.406. The highest BCUT2D eigenvalue weighted by atomic mass is 16.2. The molecule has 41 heavy (non-hydrogen) atoms. The number of anilines is 2. The highest BCUT2D eigenvalue weighted by Crippen LogP contribution is 2.23. The van der Waals surface area contributed by atoms with Crippen LogP contribution in [0, 0.1) is 36.5 Å². The number of aromatic nitrogens is 2. The summed E-state index contributed by atoms with van der Waals surface area (Å²) in [6, 6.07) is 17.8. The van der Waals surface area contributed by atoms with Gasteiger partial charge in [0.1, 0.15) is 23.7 Å². The third-order valence-corrected chi connectivity index (χ3v) is 7.60. The minimum atomic E-state index is -0.0483. The van der Waals surface area contributed by atoms with Gasteiger partial charge >= 0.3 is 0 Å². The van der Waals surface area contributed by atoms with Crippen LogP contribution in [0.5, 0.6) is 0 Å². The van der Waals surface area contributed by atoms with Gasteiger partial charge in [-0.2, -0.15) is 10.5 Å². The van der Waals surface area contributed by atoms with Gasteiger partial charge in [0.2, 0.25) is 0 Å². The summed E-state index contributed by atoms with van der Waals surface area (Å²) in [6.45, 7) is 14.4. The number of rotatable bonds is 5. The molecule has 0 radical (unpaired) electrons. The smallest absolute Gasteiger partial charge is 0.272 e. The molecule has 2 aliphatic rings. The van der Waals surface area contributed by atoms with Crippen LogP contribution in [0.3, 0.4) is 0 Å². The molecule has 0 spiro atoms. The lowest BCUT2D eigenvalue weighted by molar-refractivity contribution is 0.0739. The Morgan fingerprint density at radius 2 is 1.46 bits per heavy atom. The van der Waals surface area contributed by atoms with E-state index in [0.717, 1.165) is 48.7 Å². The van der Waals surface area contributed by atoms with Gasteiger partial charge < -0.3 is 14.7 Å². The molecule has 9 nitrogen and oxygen atoms in total. The third kappa shape index (κ3) is 6.65. The molecule has 0 saturated carbocycles. The monoisotopic (exact) mass is 550 g/mol. The van der Waals surface area contributed by atoms with Gasteiger partial charge in [0.25, 0.3) is 5.91 Å². The van der Waals surface area contributed by atoms with Crippen LogP contribution >= 0.6 is 0 Å². The second-order valence-corrected chi connectivity index (χ2v) is 10.1. The molecule has 1 amide bonds. The van der Waals surface area contributed by atoms with Crippen LogP contribution in [0.1, 0.15) is 52.3 Å². The topological polar surface area (TPSA) is 103 Å². The number of amides is 1. The first-order valence-electron chi connectivity index (χ1n) is 14.3. The molecule has 0 N–H and O–H groups in total. The van der Waals surface area contributed by atoms with Gasteiger partial charge in [-0.25, -0.2) is 9.97 Å². The van der Waals surface area contributed by atoms with Gasteiger partial charge in [0.15, 0.2) is 0 Å². The molecule has 212 valence electrons. The van der Waals surface area contributed by atoms with E-state index in [9.17, 15) is 15.3 Å². The molecule has 1 aromatic carbocycles. The summed E-state index contributed by atoms with van der Waals surface area (Å²) in [5, 5.41) is 18.9. The second kappa shape index (κ2) is 13.7. The van der Waals surface area contributed by atoms with Crippen molar-refractivity contribution < 1.29 is 4.79 Å². The van der Waals surface area contributed by atoms with E-state index in [1.165, 1.54) is 0 Å². The van der Waals surface area contributed by atoms with Crippen molar-refractivity contribution in [2.75, 3.05) is 62.2 Å². The van der Waals surface area contributed by atoms with Crippen LogP contribution in [0.4, 0.5) is 11.5 Å². The summed E-state index contributed by atoms with van der Waals surface area (Å²) in [7, 11) is 0. The minimum Gasteiger partial charge on any atom is -0.368 e. The molecule has 2 aromatic heterocycles. The van der Waals surface area contributed by atoms with Crippen molar-refractivity contribution in [2.45, 2.75) is 34.2 Å². The lowest BCUT2D eigenvalue weighted by Gasteiger charge is -2.37. The zero-order valence-corrected chi connectivity index (χ0v) is 24.5. The maximum Gasteiger partial charge on any atom is 0.272 e. The van der Waals surface area contributed by atoms with Gasteiger partial charge in [0, 0.05) is 65.1 Å². The van der Waals surface area contributed by atoms with Gasteiger partial charge in [-0.3, -0.25) is 9.69 Å². The average molecular weight is 551 g/mol. The lowest BCUT2D eigenvalue weighted by Crippen LogP contribution is -2.49. The lowest BCUT2D eigenvalue weighted by atomic mass is 10.1. The van der Waals surface area contributed by atoms with Crippen molar-refractivity contribution in [3.8, 4) is 12.1 Å². The Bertz CT molecular complexity index is 1440. The summed E-state index contributed by atoms with van der Waals surface area (Å²) in [4.78, 5) is 31.4. The Kier molecular flexibility index (Phi) is 9.89. The molecular weight excluding hydrogens is 512 g/mol. The molecule has 0 atom stereocenters. The Labute approximate surface area is 243 Å². The van der Waals surface area contributed by atoms with E-state index in [1.807, 2.05) is 49.9 Å². The molecule has 2 fully saturated rings. The molecule has 0 aliphatic carbocycles. The molecule has 3 aromatic rings. The van der Waals surface area contributed by atoms with E-state index in [1.54, 1.807) is 18.3 Å². The molecule has 5 rings (SSSR count). The largest absolute Gasteiger partial charge is 0.368 e. The number of nitriles is 2. The number of aryl methyl sites for hydroxylation is 2. The van der Waals surface area contributed by atoms with Crippen molar-refractivity contribution >= 4 is 17.4 Å². The van der Waals surface area contributed by atoms with E-state index in [0.29, 0.717) is 55.4 Å². The van der Waals surface area contributed by atoms with Gasteiger partial charge in [-0.1, -0.05) is 32.0 Å². The van der Waals surface area contributed by atoms with Crippen LogP contribution in [0.2, 0.25) is 0 Å². The first-order valence-corrected chi connectivity index (χ1v) is 14.3. The Morgan fingerprint density at radius 1 is 0.829 bits per heavy atom. The van der Waals surface area contributed by atoms with Crippen LogP contribution in [-0.4, -0.2) is 78.0 Å². The summed E-state index contributed by atoms with van der Waals surface area (Å²) in [6.07, 6.45) is 1.69. The van der Waals surface area contributed by atoms with Gasteiger partial charge in [-0.05, 0) is 49.2 Å². The highest BCUT2D eigenvalue weighted by molar-refractivity contribution is 5.94. The predicted octanol–water partition coefficient (Wildman–Crippen LogP) is 4.15. The highest BCUT2D eigenvalue weighted by Gasteiger charge is 2.27. The number of carbonyl (C=O) groups is 1. The van der Waals surface area contributed by atoms with Crippen LogP contribution in [0.15, 0.2) is 48.7 Å². The number of pyridine rings is 2. The van der Waals surface area contributed by atoms with Crippen molar-refractivity contribution in [1.82, 2.24) is 19.8 Å². The van der Waals surface area contributed by atoms with E-state index < -0.39 is 0 Å². The SMILES string of the molecule is CC.Cc1cc(C)c(C(=O)N2CCN(c3ncccc3C#N)CC2)nc1CN1CCN(c2ccccc2C#N)CC1. The molecule has 0 bridgehead atoms. The molecule has 2 aliphatic heterocycles. The third-order valence-electron chi connectivity index (χ3n) is 7.60. The number of hydrogen-bond donors (Lipinski definition) is 0. The maximum atomic E-state index is 13.5. The average Bonchev–Trinajstić information content (AvgIpc) is 3.03. The number of para-hydroxylation sites is 1. The maximum absolute atomic E-state index is 13.5. The summed E-state index contributed by atoms with van der Waals surface area (Å²) < 4.78 is 0. The Morgan fingerprint density at radius 3 is 2.15 bits per heavy atom. The zero-order valence-electron chi connectivity index (χ0n) is 24.5. The number of piperazine rings is 2. The first-order chi connectivity index (χ1) is 20.0. The van der Waals surface area contributed by atoms with Crippen molar-refractivity contribution in [2.24, 2.45) is 0 Å². The molecule has 9 heteroatoms. The summed E-state index contributed by atoms with van der Waals surface area (Å²) >= 11 is 0. The number of benzene rings is 1. The van der Waals surface area contributed by atoms with E-state index in [4.69, 9.17) is 4.98 Å². The number of hydrogen-bond acceptors (Lipinski definition) is 8. The summed E-state index contributed by atoms with van der Waals surface area (Å²) in [5.41, 5.74) is 5.67. The van der Waals surface area contributed by atoms with Crippen molar-refractivity contribution in [3.05, 3.63) is 82.3 Å². The second-order valence-electron chi connectivity index (χ2n) is 10.1. The first kappa shape index (κ1) is 29.5. The molecule has 2 saturated heterocycles. The van der Waals surface area contributed by atoms with Crippen molar-refractivity contribution in [3.63, 3.8) is 0 Å². The van der Waals surface area contributed by atoms with Crippen molar-refractivity contribution in [1.29, 1.82) is 10.5 Å². The number of nitrogens with zero attached hydrogens (tertiary/aromatic N) is 8. The van der Waals surface area contributed by atoms with E-state index in [2.05, 4.69) is 44.8 Å². The minimum absolute atomic E-state index is 0.0483. The molecular formula is C32H38N8O. The zero-order chi connectivity index (χ0) is 29.4. The van der Waals surface area contributed by atoms with E-state index >= 15 is 0 Å². The van der Waals surface area contributed by atoms with E-state index in [-0.39, 0.29) is 5.91 Å². The number of carbonyl (C=O) groups excluding carboxylic acids is 1. The van der Waals surface area contributed by atoms with Gasteiger partial charge in [-0.15, -0.1) is 0 Å². The fourth-order valence-electron chi connectivity index (χ4n) is 5.37. The Hall–Kier alpha value is -4.47. The standard InChI is InChI=1S/C30H32N8O.C2H6/c1-22-18-23(2)28(30(39)38-16-14-37(15-17-38)29-25(20-32)7-5-9-33-29)34-26(22)21-35-10-12-36(13-11-35)27-8-4-3-6-24(27)19-31;1-2/h3-9,18H,10-17,21H2,1-2H3;1-2H3. The molecule has 0 unspecified atom stereocenters. The predicted molar refractivity (Wildman–Crippen MR) is 161 cm³/mol. The Balaban J connectivity index is 0.00000189. The summed E-state index contributed by atoms with van der Waals surface area (Å²) in [5.74, 6) is 0.628. The molecule has 4 heterocycles.